The van der Waals surface area contributed by atoms with Gasteiger partial charge in [-0.25, -0.2) is 0 Å². The zero-order chi connectivity index (χ0) is 14.5. The molecule has 0 spiro atoms. The lowest BCUT2D eigenvalue weighted by molar-refractivity contribution is -0.121. The van der Waals surface area contributed by atoms with Crippen LogP contribution in [0.15, 0.2) is 35.1 Å². The second-order valence-electron chi connectivity index (χ2n) is 4.59. The van der Waals surface area contributed by atoms with E-state index >= 15 is 0 Å². The predicted molar refractivity (Wildman–Crippen MR) is 79.4 cm³/mol. The maximum Gasteiger partial charge on any atom is 0.255 e. The first kappa shape index (κ1) is 14.3. The summed E-state index contributed by atoms with van der Waals surface area (Å²) in [4.78, 5) is 23.9. The molecule has 2 aromatic rings. The predicted octanol–water partition coefficient (Wildman–Crippen LogP) is 0.986. The maximum atomic E-state index is 12.3. The van der Waals surface area contributed by atoms with E-state index in [0.29, 0.717) is 18.7 Å². The highest BCUT2D eigenvalue weighted by molar-refractivity contribution is 5.80. The normalized spacial score (nSPS) is 10.7. The highest BCUT2D eigenvalue weighted by Crippen LogP contribution is 2.13. The molecule has 5 heteroatoms. The Morgan fingerprint density at radius 1 is 1.35 bits per heavy atom. The number of para-hydroxylation sites is 1. The Balaban J connectivity index is 2.42. The topological polar surface area (TPSA) is 77.1 Å². The molecular weight excluding hydrogens is 254 g/mol. The molecule has 1 amide bonds. The lowest BCUT2D eigenvalue weighted by atomic mass is 10.1. The van der Waals surface area contributed by atoms with Crippen molar-refractivity contribution in [2.24, 2.45) is 5.73 Å². The van der Waals surface area contributed by atoms with E-state index in [1.165, 1.54) is 0 Å². The molecule has 1 aromatic heterocycles. The molecule has 0 aliphatic rings. The molecule has 0 aliphatic carbocycles. The molecule has 3 N–H and O–H groups in total. The van der Waals surface area contributed by atoms with Gasteiger partial charge in [-0.2, -0.15) is 0 Å². The van der Waals surface area contributed by atoms with Crippen molar-refractivity contribution < 1.29 is 4.79 Å². The third-order valence-corrected chi connectivity index (χ3v) is 3.23. The molecule has 2 rings (SSSR count). The Morgan fingerprint density at radius 2 is 2.10 bits per heavy atom. The fourth-order valence-corrected chi connectivity index (χ4v) is 2.25. The van der Waals surface area contributed by atoms with Crippen LogP contribution in [0.25, 0.3) is 10.9 Å². The van der Waals surface area contributed by atoms with Gasteiger partial charge in [-0.15, -0.1) is 0 Å². The number of nitrogens with two attached hydrogens (primary N) is 1. The molecule has 0 unspecified atom stereocenters. The van der Waals surface area contributed by atoms with E-state index in [1.54, 1.807) is 4.57 Å². The molecule has 1 aromatic carbocycles. The summed E-state index contributed by atoms with van der Waals surface area (Å²) in [5.74, 6) is -0.0540. The molecule has 0 fully saturated rings. The molecule has 0 atom stereocenters. The minimum Gasteiger partial charge on any atom is -0.356 e. The van der Waals surface area contributed by atoms with Gasteiger partial charge in [-0.05, 0) is 24.4 Å². The smallest absolute Gasteiger partial charge is 0.255 e. The zero-order valence-electron chi connectivity index (χ0n) is 11.6. The number of pyridine rings is 1. The number of fused-ring (bicyclic) bond motifs is 1. The summed E-state index contributed by atoms with van der Waals surface area (Å²) in [6.45, 7) is 3.02. The fourth-order valence-electron chi connectivity index (χ4n) is 2.25. The number of aromatic nitrogens is 1. The van der Waals surface area contributed by atoms with Crippen LogP contribution in [-0.4, -0.2) is 17.0 Å². The Labute approximate surface area is 117 Å². The summed E-state index contributed by atoms with van der Waals surface area (Å²) in [6, 6.07) is 9.44. The van der Waals surface area contributed by atoms with Gasteiger partial charge in [-0.1, -0.05) is 18.2 Å². The molecular formula is C15H19N3O2. The number of hydrogen-bond acceptors (Lipinski definition) is 3. The number of hydrogen-bond donors (Lipinski definition) is 2. The van der Waals surface area contributed by atoms with Crippen LogP contribution in [0.5, 0.6) is 0 Å². The standard InChI is InChI=1S/C15H19N3O2/c1-2-17-14(19)7-8-18-13-6-4-3-5-11(13)9-12(10-16)15(18)20/h3-6,9H,2,7-8,10,16H2,1H3,(H,17,19). The minimum atomic E-state index is -0.115. The van der Waals surface area contributed by atoms with Gasteiger partial charge in [0.1, 0.15) is 0 Å². The quantitative estimate of drug-likeness (QED) is 0.852. The molecule has 0 saturated carbocycles. The van der Waals surface area contributed by atoms with Crippen molar-refractivity contribution in [2.75, 3.05) is 6.54 Å². The van der Waals surface area contributed by atoms with Crippen molar-refractivity contribution in [2.45, 2.75) is 26.4 Å². The van der Waals surface area contributed by atoms with Crippen molar-refractivity contribution in [1.82, 2.24) is 9.88 Å². The molecule has 5 nitrogen and oxygen atoms in total. The van der Waals surface area contributed by atoms with Crippen molar-refractivity contribution in [3.8, 4) is 0 Å². The van der Waals surface area contributed by atoms with Gasteiger partial charge < -0.3 is 15.6 Å². The van der Waals surface area contributed by atoms with Crippen molar-refractivity contribution in [1.29, 1.82) is 0 Å². The Kier molecular flexibility index (Phi) is 4.53. The van der Waals surface area contributed by atoms with Crippen LogP contribution in [0.1, 0.15) is 18.9 Å². The first-order chi connectivity index (χ1) is 9.67. The van der Waals surface area contributed by atoms with Gasteiger partial charge in [0.05, 0.1) is 5.52 Å². The van der Waals surface area contributed by atoms with Gasteiger partial charge in [0.25, 0.3) is 5.56 Å². The van der Waals surface area contributed by atoms with E-state index in [4.69, 9.17) is 5.73 Å². The van der Waals surface area contributed by atoms with Crippen LogP contribution in [0, 0.1) is 0 Å². The van der Waals surface area contributed by atoms with Crippen LogP contribution in [-0.2, 0) is 17.9 Å². The van der Waals surface area contributed by atoms with E-state index in [0.717, 1.165) is 10.9 Å². The van der Waals surface area contributed by atoms with E-state index in [-0.39, 0.29) is 24.4 Å². The number of amides is 1. The molecule has 0 saturated heterocycles. The number of nitrogens with zero attached hydrogens (tertiary/aromatic N) is 1. The van der Waals surface area contributed by atoms with Gasteiger partial charge >= 0.3 is 0 Å². The van der Waals surface area contributed by atoms with Crippen molar-refractivity contribution in [3.05, 3.63) is 46.2 Å². The van der Waals surface area contributed by atoms with Crippen LogP contribution < -0.4 is 16.6 Å². The van der Waals surface area contributed by atoms with Crippen LogP contribution in [0.4, 0.5) is 0 Å². The highest BCUT2D eigenvalue weighted by atomic mass is 16.1. The largest absolute Gasteiger partial charge is 0.356 e. The van der Waals surface area contributed by atoms with E-state index in [1.807, 2.05) is 37.3 Å². The minimum absolute atomic E-state index is 0.0540. The average molecular weight is 273 g/mol. The Morgan fingerprint density at radius 3 is 2.80 bits per heavy atom. The van der Waals surface area contributed by atoms with Gasteiger partial charge in [0, 0.05) is 31.6 Å². The summed E-state index contributed by atoms with van der Waals surface area (Å²) in [5, 5.41) is 3.69. The summed E-state index contributed by atoms with van der Waals surface area (Å²) < 4.78 is 1.63. The molecule has 20 heavy (non-hydrogen) atoms. The maximum absolute atomic E-state index is 12.3. The number of aryl methyl sites for hydroxylation is 1. The second-order valence-corrected chi connectivity index (χ2v) is 4.59. The van der Waals surface area contributed by atoms with Crippen LogP contribution >= 0.6 is 0 Å². The monoisotopic (exact) mass is 273 g/mol. The summed E-state index contributed by atoms with van der Waals surface area (Å²) >= 11 is 0. The first-order valence-electron chi connectivity index (χ1n) is 6.75. The SMILES string of the molecule is CCNC(=O)CCn1c(=O)c(CN)cc2ccccc21. The van der Waals surface area contributed by atoms with E-state index in [2.05, 4.69) is 5.32 Å². The highest BCUT2D eigenvalue weighted by Gasteiger charge is 2.09. The lowest BCUT2D eigenvalue weighted by Crippen LogP contribution is -2.29. The summed E-state index contributed by atoms with van der Waals surface area (Å²) in [6.07, 6.45) is 0.283. The summed E-state index contributed by atoms with van der Waals surface area (Å²) in [7, 11) is 0. The lowest BCUT2D eigenvalue weighted by Gasteiger charge is -2.12. The van der Waals surface area contributed by atoms with Gasteiger partial charge in [0.15, 0.2) is 0 Å². The van der Waals surface area contributed by atoms with Gasteiger partial charge in [0.2, 0.25) is 5.91 Å². The van der Waals surface area contributed by atoms with Crippen LogP contribution in [0.3, 0.4) is 0 Å². The number of carbonyl (C=O) groups is 1. The molecule has 106 valence electrons. The zero-order valence-corrected chi connectivity index (χ0v) is 11.6. The second kappa shape index (κ2) is 6.34. The van der Waals surface area contributed by atoms with E-state index in [9.17, 15) is 9.59 Å². The van der Waals surface area contributed by atoms with E-state index < -0.39 is 0 Å². The average Bonchev–Trinajstić information content (AvgIpc) is 2.46. The molecule has 0 aliphatic heterocycles. The first-order valence-corrected chi connectivity index (χ1v) is 6.75. The Bertz CT molecular complexity index is 676. The number of benzene rings is 1. The number of nitrogens with one attached hydrogen (secondary N) is 1. The van der Waals surface area contributed by atoms with Crippen molar-refractivity contribution >= 4 is 16.8 Å². The van der Waals surface area contributed by atoms with Gasteiger partial charge in [-0.3, -0.25) is 9.59 Å². The van der Waals surface area contributed by atoms with Crippen LogP contribution in [0.2, 0.25) is 0 Å². The Hall–Kier alpha value is -2.14. The number of rotatable bonds is 5. The third kappa shape index (κ3) is 2.88. The van der Waals surface area contributed by atoms with Crippen molar-refractivity contribution in [3.63, 3.8) is 0 Å². The molecule has 0 radical (unpaired) electrons. The molecule has 1 heterocycles. The third-order valence-electron chi connectivity index (χ3n) is 3.23. The fraction of sp³-hybridized carbons (Fsp3) is 0.333. The number of carbonyl (C=O) groups excluding carboxylic acids is 1. The molecule has 0 bridgehead atoms. The summed E-state index contributed by atoms with van der Waals surface area (Å²) in [5.41, 5.74) is 6.91.